The van der Waals surface area contributed by atoms with E-state index in [1.807, 2.05) is 11.5 Å². The molecule has 0 saturated carbocycles. The third-order valence-electron chi connectivity index (χ3n) is 5.60. The van der Waals surface area contributed by atoms with E-state index < -0.39 is 0 Å². The summed E-state index contributed by atoms with van der Waals surface area (Å²) in [5, 5.41) is 0. The minimum absolute atomic E-state index is 0.254. The highest BCUT2D eigenvalue weighted by Gasteiger charge is 2.26. The molecule has 0 spiro atoms. The first-order valence-corrected chi connectivity index (χ1v) is 10.1. The molecule has 1 aliphatic heterocycles. The zero-order valence-corrected chi connectivity index (χ0v) is 16.8. The van der Waals surface area contributed by atoms with Crippen LogP contribution in [-0.2, 0) is 26.6 Å². The fraction of sp³-hybridized carbons (Fsp3) is 0.476. The second kappa shape index (κ2) is 7.30. The maximum atomic E-state index is 12.9. The number of rotatable bonds is 5. The Morgan fingerprint density at radius 1 is 1.07 bits per heavy atom. The number of nitrogens with zero attached hydrogens (tertiary/aromatic N) is 5. The number of fused-ring (bicyclic) bond motifs is 3. The number of aryl methyl sites for hydroxylation is 3. The molecule has 7 heteroatoms. The van der Waals surface area contributed by atoms with Crippen molar-refractivity contribution in [1.82, 2.24) is 18.7 Å². The van der Waals surface area contributed by atoms with Gasteiger partial charge in [0.25, 0.3) is 5.56 Å². The molecule has 0 aliphatic carbocycles. The summed E-state index contributed by atoms with van der Waals surface area (Å²) in [6, 6.07) is 8.60. The van der Waals surface area contributed by atoms with Crippen LogP contribution < -0.4 is 16.1 Å². The van der Waals surface area contributed by atoms with Gasteiger partial charge in [0.15, 0.2) is 11.2 Å². The molecule has 3 heterocycles. The Hall–Kier alpha value is -2.83. The fourth-order valence-corrected chi connectivity index (χ4v) is 4.01. The number of imidazole rings is 1. The SMILES string of the molecule is CCCCc1ccc(N2CCCn3c2nc2c3c(=O)n(CC)c(=O)n2C)cc1. The topological polar surface area (TPSA) is 65.1 Å². The van der Waals surface area contributed by atoms with Crippen LogP contribution in [0.5, 0.6) is 0 Å². The van der Waals surface area contributed by atoms with Gasteiger partial charge in [-0.05, 0) is 43.9 Å². The zero-order valence-electron chi connectivity index (χ0n) is 16.8. The lowest BCUT2D eigenvalue weighted by Gasteiger charge is -2.29. The summed E-state index contributed by atoms with van der Waals surface area (Å²) in [5.41, 5.74) is 2.81. The number of anilines is 2. The van der Waals surface area contributed by atoms with Crippen molar-refractivity contribution in [3.63, 3.8) is 0 Å². The second-order valence-corrected chi connectivity index (χ2v) is 7.40. The molecule has 0 N–H and O–H groups in total. The molecule has 0 amide bonds. The normalized spacial score (nSPS) is 13.9. The number of benzene rings is 1. The Morgan fingerprint density at radius 3 is 2.50 bits per heavy atom. The van der Waals surface area contributed by atoms with Gasteiger partial charge in [-0.15, -0.1) is 0 Å². The van der Waals surface area contributed by atoms with Crippen molar-refractivity contribution in [3.05, 3.63) is 50.7 Å². The molecule has 0 atom stereocenters. The monoisotopic (exact) mass is 381 g/mol. The van der Waals surface area contributed by atoms with Crippen LogP contribution in [0.25, 0.3) is 11.2 Å². The average molecular weight is 381 g/mol. The summed E-state index contributed by atoms with van der Waals surface area (Å²) >= 11 is 0. The van der Waals surface area contributed by atoms with Crippen molar-refractivity contribution >= 4 is 22.8 Å². The van der Waals surface area contributed by atoms with Gasteiger partial charge >= 0.3 is 5.69 Å². The highest BCUT2D eigenvalue weighted by atomic mass is 16.2. The summed E-state index contributed by atoms with van der Waals surface area (Å²) in [5.74, 6) is 0.739. The molecule has 0 fully saturated rings. The number of aromatic nitrogens is 4. The highest BCUT2D eigenvalue weighted by Crippen LogP contribution is 2.31. The Labute approximate surface area is 163 Å². The van der Waals surface area contributed by atoms with Crippen LogP contribution in [0.2, 0.25) is 0 Å². The lowest BCUT2D eigenvalue weighted by molar-refractivity contribution is 0.595. The predicted molar refractivity (Wildman–Crippen MR) is 112 cm³/mol. The van der Waals surface area contributed by atoms with Crippen LogP contribution in [0.3, 0.4) is 0 Å². The van der Waals surface area contributed by atoms with Crippen molar-refractivity contribution < 1.29 is 0 Å². The first-order chi connectivity index (χ1) is 13.6. The molecule has 2 aromatic heterocycles. The van der Waals surface area contributed by atoms with Gasteiger partial charge < -0.3 is 9.47 Å². The molecule has 1 aromatic carbocycles. The Bertz CT molecular complexity index is 1120. The molecule has 0 saturated heterocycles. The van der Waals surface area contributed by atoms with E-state index in [1.165, 1.54) is 27.5 Å². The maximum absolute atomic E-state index is 12.9. The highest BCUT2D eigenvalue weighted by molar-refractivity contribution is 5.77. The maximum Gasteiger partial charge on any atom is 0.332 e. The van der Waals surface area contributed by atoms with E-state index in [0.29, 0.717) is 17.7 Å². The molecule has 7 nitrogen and oxygen atoms in total. The van der Waals surface area contributed by atoms with Crippen molar-refractivity contribution in [3.8, 4) is 0 Å². The summed E-state index contributed by atoms with van der Waals surface area (Å²) in [6.45, 7) is 5.94. The predicted octanol–water partition coefficient (Wildman–Crippen LogP) is 2.80. The molecule has 4 rings (SSSR count). The third-order valence-corrected chi connectivity index (χ3v) is 5.60. The third kappa shape index (κ3) is 2.85. The molecule has 148 valence electrons. The first kappa shape index (κ1) is 18.5. The van der Waals surface area contributed by atoms with Crippen molar-refractivity contribution in [2.75, 3.05) is 11.4 Å². The van der Waals surface area contributed by atoms with Crippen molar-refractivity contribution in [1.29, 1.82) is 0 Å². The first-order valence-electron chi connectivity index (χ1n) is 10.1. The van der Waals surface area contributed by atoms with Gasteiger partial charge in [0.1, 0.15) is 0 Å². The van der Waals surface area contributed by atoms with Crippen LogP contribution in [-0.4, -0.2) is 25.2 Å². The molecule has 1 aliphatic rings. The van der Waals surface area contributed by atoms with Gasteiger partial charge in [-0.2, -0.15) is 4.98 Å². The minimum Gasteiger partial charge on any atom is -0.312 e. The van der Waals surface area contributed by atoms with E-state index in [0.717, 1.165) is 37.6 Å². The lowest BCUT2D eigenvalue weighted by Crippen LogP contribution is -2.39. The smallest absolute Gasteiger partial charge is 0.312 e. The molecule has 0 radical (unpaired) electrons. The van der Waals surface area contributed by atoms with E-state index in [1.54, 1.807) is 7.05 Å². The lowest BCUT2D eigenvalue weighted by atomic mass is 10.1. The van der Waals surface area contributed by atoms with Crippen molar-refractivity contribution in [2.45, 2.75) is 52.6 Å². The molecular formula is C21H27N5O2. The van der Waals surface area contributed by atoms with Crippen LogP contribution in [0.4, 0.5) is 11.6 Å². The van der Waals surface area contributed by atoms with E-state index >= 15 is 0 Å². The van der Waals surface area contributed by atoms with Crippen molar-refractivity contribution in [2.24, 2.45) is 7.05 Å². The fourth-order valence-electron chi connectivity index (χ4n) is 4.01. The van der Waals surface area contributed by atoms with E-state index in [2.05, 4.69) is 36.1 Å². The standard InChI is InChI=1S/C21H27N5O2/c1-4-6-8-15-9-11-16(12-10-15)25-13-7-14-26-17-18(22-20(25)26)23(3)21(28)24(5-2)19(17)27/h9-12H,4-8,13-14H2,1-3H3. The quantitative estimate of drug-likeness (QED) is 0.682. The number of hydrogen-bond acceptors (Lipinski definition) is 4. The molecule has 0 bridgehead atoms. The molecule has 28 heavy (non-hydrogen) atoms. The minimum atomic E-state index is -0.317. The van der Waals surface area contributed by atoms with Gasteiger partial charge in [0.05, 0.1) is 0 Å². The van der Waals surface area contributed by atoms with Gasteiger partial charge in [0, 0.05) is 32.4 Å². The van der Waals surface area contributed by atoms with Gasteiger partial charge in [-0.3, -0.25) is 13.9 Å². The molecule has 0 unspecified atom stereocenters. The Kier molecular flexibility index (Phi) is 4.83. The Morgan fingerprint density at radius 2 is 1.82 bits per heavy atom. The summed E-state index contributed by atoms with van der Waals surface area (Å²) in [6.07, 6.45) is 4.39. The van der Waals surface area contributed by atoms with Crippen LogP contribution in [0.15, 0.2) is 33.9 Å². The van der Waals surface area contributed by atoms with Gasteiger partial charge in [-0.1, -0.05) is 25.5 Å². The summed E-state index contributed by atoms with van der Waals surface area (Å²) in [4.78, 5) is 32.3. The number of hydrogen-bond donors (Lipinski definition) is 0. The van der Waals surface area contributed by atoms with Crippen LogP contribution >= 0.6 is 0 Å². The van der Waals surface area contributed by atoms with E-state index in [4.69, 9.17) is 4.98 Å². The second-order valence-electron chi connectivity index (χ2n) is 7.40. The van der Waals surface area contributed by atoms with Gasteiger partial charge in [-0.25, -0.2) is 4.79 Å². The summed E-state index contributed by atoms with van der Waals surface area (Å²) < 4.78 is 4.73. The molecular weight excluding hydrogens is 354 g/mol. The van der Waals surface area contributed by atoms with Gasteiger partial charge in [0.2, 0.25) is 5.95 Å². The van der Waals surface area contributed by atoms with Crippen LogP contribution in [0, 0.1) is 0 Å². The Balaban J connectivity index is 1.83. The zero-order chi connectivity index (χ0) is 19.8. The number of unbranched alkanes of at least 4 members (excludes halogenated alkanes) is 1. The van der Waals surface area contributed by atoms with E-state index in [9.17, 15) is 9.59 Å². The largest absolute Gasteiger partial charge is 0.332 e. The van der Waals surface area contributed by atoms with E-state index in [-0.39, 0.29) is 11.2 Å². The molecule has 3 aromatic rings. The average Bonchev–Trinajstić information content (AvgIpc) is 3.11. The van der Waals surface area contributed by atoms with Crippen LogP contribution in [0.1, 0.15) is 38.7 Å². The summed E-state index contributed by atoms with van der Waals surface area (Å²) in [7, 11) is 1.68.